The summed E-state index contributed by atoms with van der Waals surface area (Å²) in [5.41, 5.74) is 1.13. The summed E-state index contributed by atoms with van der Waals surface area (Å²) in [6.07, 6.45) is 1.87. The number of carbonyl (C=O) groups excluding carboxylic acids is 2. The summed E-state index contributed by atoms with van der Waals surface area (Å²) in [5.74, 6) is -0.387. The second-order valence-corrected chi connectivity index (χ2v) is 5.39. The molecule has 1 atom stereocenters. The Kier molecular flexibility index (Phi) is 6.92. The van der Waals surface area contributed by atoms with Crippen LogP contribution in [0.1, 0.15) is 39.2 Å². The third kappa shape index (κ3) is 5.98. The largest absolute Gasteiger partial charge is 0.497 e. The monoisotopic (exact) mass is 292 g/mol. The lowest BCUT2D eigenvalue weighted by molar-refractivity contribution is -0.155. The maximum absolute atomic E-state index is 11.9. The van der Waals surface area contributed by atoms with Crippen LogP contribution in [-0.4, -0.2) is 25.0 Å². The predicted molar refractivity (Wildman–Crippen MR) is 81.3 cm³/mol. The van der Waals surface area contributed by atoms with E-state index in [0.29, 0.717) is 6.42 Å². The molecule has 0 aliphatic carbocycles. The van der Waals surface area contributed by atoms with Gasteiger partial charge in [0.25, 0.3) is 0 Å². The van der Waals surface area contributed by atoms with Gasteiger partial charge in [0.2, 0.25) is 0 Å². The first-order chi connectivity index (χ1) is 9.93. The van der Waals surface area contributed by atoms with Crippen molar-refractivity contribution >= 4 is 11.8 Å². The molecule has 1 rings (SSSR count). The lowest BCUT2D eigenvalue weighted by atomic mass is 9.96. The van der Waals surface area contributed by atoms with Crippen molar-refractivity contribution in [3.63, 3.8) is 0 Å². The molecule has 1 unspecified atom stereocenters. The molecule has 0 aliphatic rings. The molecule has 0 aliphatic heterocycles. The van der Waals surface area contributed by atoms with E-state index in [1.165, 1.54) is 6.92 Å². The minimum atomic E-state index is -0.655. The number of ether oxygens (including phenoxy) is 2. The quantitative estimate of drug-likeness (QED) is 0.545. The molecule has 116 valence electrons. The van der Waals surface area contributed by atoms with Crippen LogP contribution in [0.2, 0.25) is 0 Å². The first-order valence-corrected chi connectivity index (χ1v) is 7.28. The minimum absolute atomic E-state index is 0.133. The van der Waals surface area contributed by atoms with Crippen molar-refractivity contribution in [2.75, 3.05) is 7.11 Å². The summed E-state index contributed by atoms with van der Waals surface area (Å²) < 4.78 is 10.3. The van der Waals surface area contributed by atoms with Crippen LogP contribution in [-0.2, 0) is 20.7 Å². The first-order valence-electron chi connectivity index (χ1n) is 7.28. The van der Waals surface area contributed by atoms with Gasteiger partial charge >= 0.3 is 5.97 Å². The lowest BCUT2D eigenvalue weighted by Crippen LogP contribution is -2.26. The van der Waals surface area contributed by atoms with E-state index in [1.54, 1.807) is 21.0 Å². The number of hydrogen-bond donors (Lipinski definition) is 0. The normalized spacial score (nSPS) is 12.0. The van der Waals surface area contributed by atoms with Gasteiger partial charge in [-0.2, -0.15) is 0 Å². The fourth-order valence-electron chi connectivity index (χ4n) is 2.14. The zero-order valence-corrected chi connectivity index (χ0v) is 13.2. The van der Waals surface area contributed by atoms with Gasteiger partial charge in [-0.05, 0) is 57.7 Å². The molecular formula is C17H24O4. The summed E-state index contributed by atoms with van der Waals surface area (Å²) in [4.78, 5) is 23.5. The van der Waals surface area contributed by atoms with Crippen LogP contribution in [0.15, 0.2) is 24.3 Å². The summed E-state index contributed by atoms with van der Waals surface area (Å²) in [6, 6.07) is 7.80. The standard InChI is InChI=1S/C17H24O4/c1-12(2)21-17(19)16(13(3)18)10-6-8-14-7-5-9-15(11-14)20-4/h5,7,9,11-12,16H,6,8,10H2,1-4H3. The number of ketones is 1. The molecule has 1 aromatic rings. The molecule has 0 N–H and O–H groups in total. The summed E-state index contributed by atoms with van der Waals surface area (Å²) in [5, 5.41) is 0. The van der Waals surface area contributed by atoms with E-state index < -0.39 is 11.9 Å². The van der Waals surface area contributed by atoms with Gasteiger partial charge in [-0.1, -0.05) is 12.1 Å². The predicted octanol–water partition coefficient (Wildman–Crippen LogP) is 3.17. The van der Waals surface area contributed by atoms with Gasteiger partial charge in [0.15, 0.2) is 0 Å². The third-order valence-electron chi connectivity index (χ3n) is 3.22. The van der Waals surface area contributed by atoms with E-state index in [9.17, 15) is 9.59 Å². The molecule has 0 spiro atoms. The van der Waals surface area contributed by atoms with Crippen molar-refractivity contribution in [1.29, 1.82) is 0 Å². The van der Waals surface area contributed by atoms with Crippen molar-refractivity contribution in [1.82, 2.24) is 0 Å². The maximum atomic E-state index is 11.9. The minimum Gasteiger partial charge on any atom is -0.497 e. The smallest absolute Gasteiger partial charge is 0.316 e. The van der Waals surface area contributed by atoms with Crippen LogP contribution in [0, 0.1) is 5.92 Å². The molecule has 4 heteroatoms. The van der Waals surface area contributed by atoms with Gasteiger partial charge in [0, 0.05) is 0 Å². The maximum Gasteiger partial charge on any atom is 0.316 e. The Hall–Kier alpha value is -1.84. The molecule has 0 saturated carbocycles. The van der Waals surface area contributed by atoms with Crippen LogP contribution >= 0.6 is 0 Å². The number of esters is 1. The van der Waals surface area contributed by atoms with Gasteiger partial charge in [0.05, 0.1) is 13.2 Å². The van der Waals surface area contributed by atoms with E-state index >= 15 is 0 Å². The lowest BCUT2D eigenvalue weighted by Gasteiger charge is -2.15. The Morgan fingerprint density at radius 2 is 1.95 bits per heavy atom. The average molecular weight is 292 g/mol. The van der Waals surface area contributed by atoms with Crippen LogP contribution in [0.4, 0.5) is 0 Å². The summed E-state index contributed by atoms with van der Waals surface area (Å²) in [7, 11) is 1.63. The number of benzene rings is 1. The highest BCUT2D eigenvalue weighted by molar-refractivity contribution is 5.97. The van der Waals surface area contributed by atoms with Gasteiger partial charge in [0.1, 0.15) is 17.5 Å². The van der Waals surface area contributed by atoms with Gasteiger partial charge < -0.3 is 9.47 Å². The highest BCUT2D eigenvalue weighted by atomic mass is 16.5. The van der Waals surface area contributed by atoms with Crippen LogP contribution in [0.25, 0.3) is 0 Å². The first kappa shape index (κ1) is 17.2. The number of rotatable bonds is 8. The molecule has 0 aromatic heterocycles. The second kappa shape index (κ2) is 8.45. The van der Waals surface area contributed by atoms with Crippen molar-refractivity contribution in [2.24, 2.45) is 5.92 Å². The molecule has 21 heavy (non-hydrogen) atoms. The van der Waals surface area contributed by atoms with Crippen LogP contribution < -0.4 is 4.74 Å². The number of Topliss-reactive ketones (excluding diaryl/α,β-unsaturated/α-hetero) is 1. The molecule has 4 nitrogen and oxygen atoms in total. The average Bonchev–Trinajstić information content (AvgIpc) is 2.42. The molecule has 0 radical (unpaired) electrons. The highest BCUT2D eigenvalue weighted by Gasteiger charge is 2.25. The van der Waals surface area contributed by atoms with Crippen molar-refractivity contribution < 1.29 is 19.1 Å². The highest BCUT2D eigenvalue weighted by Crippen LogP contribution is 2.17. The van der Waals surface area contributed by atoms with Crippen LogP contribution in [0.3, 0.4) is 0 Å². The van der Waals surface area contributed by atoms with Gasteiger partial charge in [-0.15, -0.1) is 0 Å². The number of hydrogen-bond acceptors (Lipinski definition) is 4. The fourth-order valence-corrected chi connectivity index (χ4v) is 2.14. The summed E-state index contributed by atoms with van der Waals surface area (Å²) in [6.45, 7) is 5.01. The Bertz CT molecular complexity index is 479. The van der Waals surface area contributed by atoms with E-state index in [0.717, 1.165) is 24.2 Å². The van der Waals surface area contributed by atoms with E-state index in [2.05, 4.69) is 0 Å². The molecular weight excluding hydrogens is 268 g/mol. The fraction of sp³-hybridized carbons (Fsp3) is 0.529. The van der Waals surface area contributed by atoms with Gasteiger partial charge in [-0.25, -0.2) is 0 Å². The van der Waals surface area contributed by atoms with Crippen molar-refractivity contribution in [3.8, 4) is 5.75 Å². The number of aryl methyl sites for hydroxylation is 1. The Labute approximate surface area is 126 Å². The second-order valence-electron chi connectivity index (χ2n) is 5.39. The third-order valence-corrected chi connectivity index (χ3v) is 3.22. The van der Waals surface area contributed by atoms with E-state index in [-0.39, 0.29) is 11.9 Å². The molecule has 1 aromatic carbocycles. The van der Waals surface area contributed by atoms with E-state index in [4.69, 9.17) is 9.47 Å². The number of methoxy groups -OCH3 is 1. The zero-order chi connectivity index (χ0) is 15.8. The molecule has 0 fully saturated rings. The molecule has 0 bridgehead atoms. The topological polar surface area (TPSA) is 52.6 Å². The van der Waals surface area contributed by atoms with Crippen molar-refractivity contribution in [3.05, 3.63) is 29.8 Å². The van der Waals surface area contributed by atoms with E-state index in [1.807, 2.05) is 24.3 Å². The Morgan fingerprint density at radius 3 is 2.52 bits per heavy atom. The van der Waals surface area contributed by atoms with Crippen LogP contribution in [0.5, 0.6) is 5.75 Å². The molecule has 0 heterocycles. The SMILES string of the molecule is COc1cccc(CCCC(C(C)=O)C(=O)OC(C)C)c1. The summed E-state index contributed by atoms with van der Waals surface area (Å²) >= 11 is 0. The molecule has 0 amide bonds. The Balaban J connectivity index is 2.53. The number of carbonyl (C=O) groups is 2. The van der Waals surface area contributed by atoms with Crippen molar-refractivity contribution in [2.45, 2.75) is 46.1 Å². The molecule has 0 saturated heterocycles. The Morgan fingerprint density at radius 1 is 1.24 bits per heavy atom. The van der Waals surface area contributed by atoms with Gasteiger partial charge in [-0.3, -0.25) is 9.59 Å². The zero-order valence-electron chi connectivity index (χ0n) is 13.2.